The minimum atomic E-state index is -1.64. The first-order valence-electron chi connectivity index (χ1n) is 8.08. The topological polar surface area (TPSA) is 63.6 Å². The summed E-state index contributed by atoms with van der Waals surface area (Å²) in [7, 11) is 0. The van der Waals surface area contributed by atoms with Crippen LogP contribution in [-0.4, -0.2) is 27.4 Å². The van der Waals surface area contributed by atoms with E-state index in [-0.39, 0.29) is 0 Å². The highest BCUT2D eigenvalue weighted by atomic mass is 35.5. The number of rotatable bonds is 13. The van der Waals surface area contributed by atoms with E-state index in [0.717, 1.165) is 38.4 Å². The molecule has 6 heteroatoms. The van der Waals surface area contributed by atoms with Gasteiger partial charge in [-0.25, -0.2) is 4.21 Å². The highest BCUT2D eigenvalue weighted by Gasteiger charge is 2.02. The lowest BCUT2D eigenvalue weighted by Crippen LogP contribution is -1.98. The summed E-state index contributed by atoms with van der Waals surface area (Å²) in [5.74, 6) is 1.02. The van der Waals surface area contributed by atoms with Gasteiger partial charge in [0, 0.05) is 11.3 Å². The van der Waals surface area contributed by atoms with Crippen LogP contribution < -0.4 is 4.74 Å². The zero-order chi connectivity index (χ0) is 16.9. The summed E-state index contributed by atoms with van der Waals surface area (Å²) in [4.78, 5) is 10.6. The van der Waals surface area contributed by atoms with Crippen LogP contribution >= 0.6 is 11.6 Å². The molecule has 23 heavy (non-hydrogen) atoms. The van der Waals surface area contributed by atoms with Gasteiger partial charge in [-0.15, -0.1) is 0 Å². The molecule has 0 aromatic heterocycles. The molecular weight excluding hydrogens is 336 g/mol. The highest BCUT2D eigenvalue weighted by molar-refractivity contribution is 7.79. The lowest BCUT2D eigenvalue weighted by atomic mass is 10.1. The van der Waals surface area contributed by atoms with Gasteiger partial charge in [-0.3, -0.25) is 4.79 Å². The minimum Gasteiger partial charge on any atom is -0.492 e. The summed E-state index contributed by atoms with van der Waals surface area (Å²) < 4.78 is 24.7. The molecule has 1 rings (SSSR count). The van der Waals surface area contributed by atoms with Crippen molar-refractivity contribution < 1.29 is 18.3 Å². The fourth-order valence-electron chi connectivity index (χ4n) is 2.28. The second-order valence-electron chi connectivity index (χ2n) is 5.51. The monoisotopic (exact) mass is 360 g/mol. The second kappa shape index (κ2) is 12.5. The first-order valence-corrected chi connectivity index (χ1v) is 9.74. The largest absolute Gasteiger partial charge is 0.492 e. The molecule has 0 amide bonds. The summed E-state index contributed by atoms with van der Waals surface area (Å²) in [5, 5.41) is 0.471. The van der Waals surface area contributed by atoms with Gasteiger partial charge in [0.1, 0.15) is 12.0 Å². The molecule has 0 spiro atoms. The van der Waals surface area contributed by atoms with Gasteiger partial charge in [-0.1, -0.05) is 50.1 Å². The molecule has 4 nitrogen and oxygen atoms in total. The van der Waals surface area contributed by atoms with E-state index in [2.05, 4.69) is 0 Å². The standard InChI is InChI=1S/C17H25ClO4S/c18-16-13-15(14-19)9-10-17(16)22-11-7-5-3-1-2-4-6-8-12-23(20)21/h9-10,13-14H,1-8,11-12H2,(H,20,21). The van der Waals surface area contributed by atoms with Gasteiger partial charge in [0.05, 0.1) is 11.6 Å². The number of benzene rings is 1. The Morgan fingerprint density at radius 1 is 1.04 bits per heavy atom. The van der Waals surface area contributed by atoms with Crippen LogP contribution in [0.25, 0.3) is 0 Å². The van der Waals surface area contributed by atoms with Crippen molar-refractivity contribution >= 4 is 29.0 Å². The SMILES string of the molecule is O=Cc1ccc(OCCCCCCCCCCS(=O)O)c(Cl)c1. The summed E-state index contributed by atoms with van der Waals surface area (Å²) in [6.45, 7) is 0.627. The lowest BCUT2D eigenvalue weighted by Gasteiger charge is -2.08. The van der Waals surface area contributed by atoms with Crippen LogP contribution in [0, 0.1) is 0 Å². The van der Waals surface area contributed by atoms with Gasteiger partial charge in [0.25, 0.3) is 0 Å². The predicted octanol–water partition coefficient (Wildman–Crippen LogP) is 4.87. The smallest absolute Gasteiger partial charge is 0.152 e. The number of ether oxygens (including phenoxy) is 1. The molecule has 1 aromatic carbocycles. The maximum absolute atomic E-state index is 10.6. The fraction of sp³-hybridized carbons (Fsp3) is 0.588. The van der Waals surface area contributed by atoms with Crippen LogP contribution in [0.5, 0.6) is 5.75 Å². The summed E-state index contributed by atoms with van der Waals surface area (Å²) >= 11 is 4.39. The average Bonchev–Trinajstić information content (AvgIpc) is 2.53. The van der Waals surface area contributed by atoms with Gasteiger partial charge in [0.2, 0.25) is 0 Å². The Labute approximate surface area is 145 Å². The van der Waals surface area contributed by atoms with Crippen LogP contribution in [0.2, 0.25) is 5.02 Å². The van der Waals surface area contributed by atoms with E-state index in [0.29, 0.717) is 28.7 Å². The molecule has 0 fully saturated rings. The highest BCUT2D eigenvalue weighted by Crippen LogP contribution is 2.25. The van der Waals surface area contributed by atoms with Crippen molar-refractivity contribution in [2.45, 2.75) is 51.4 Å². The number of aldehydes is 1. The molecule has 0 aliphatic carbocycles. The molecule has 0 saturated heterocycles. The maximum atomic E-state index is 10.6. The third kappa shape index (κ3) is 9.74. The van der Waals surface area contributed by atoms with Gasteiger partial charge >= 0.3 is 0 Å². The molecule has 1 unspecified atom stereocenters. The van der Waals surface area contributed by atoms with Crippen LogP contribution in [0.15, 0.2) is 18.2 Å². The Kier molecular flexibility index (Phi) is 10.9. The molecule has 0 heterocycles. The third-order valence-electron chi connectivity index (χ3n) is 3.56. The fourth-order valence-corrected chi connectivity index (χ4v) is 2.97. The molecule has 0 saturated carbocycles. The van der Waals surface area contributed by atoms with Crippen LogP contribution in [0.3, 0.4) is 0 Å². The minimum absolute atomic E-state index is 0.397. The summed E-state index contributed by atoms with van der Waals surface area (Å²) in [5.41, 5.74) is 0.549. The molecular formula is C17H25ClO4S. The number of hydrogen-bond acceptors (Lipinski definition) is 3. The van der Waals surface area contributed by atoms with Crippen molar-refractivity contribution in [1.29, 1.82) is 0 Å². The first kappa shape index (κ1) is 20.1. The Balaban J connectivity index is 1.97. The van der Waals surface area contributed by atoms with E-state index >= 15 is 0 Å². The van der Waals surface area contributed by atoms with E-state index in [1.54, 1.807) is 18.2 Å². The molecule has 1 atom stereocenters. The van der Waals surface area contributed by atoms with Crippen molar-refractivity contribution in [3.63, 3.8) is 0 Å². The first-order chi connectivity index (χ1) is 11.1. The number of carbonyl (C=O) groups is 1. The van der Waals surface area contributed by atoms with Crippen molar-refractivity contribution in [2.75, 3.05) is 12.4 Å². The van der Waals surface area contributed by atoms with Crippen molar-refractivity contribution in [1.82, 2.24) is 0 Å². The van der Waals surface area contributed by atoms with E-state index in [1.807, 2.05) is 0 Å². The van der Waals surface area contributed by atoms with Crippen molar-refractivity contribution in [3.05, 3.63) is 28.8 Å². The molecule has 0 aliphatic rings. The third-order valence-corrected chi connectivity index (χ3v) is 4.50. The van der Waals surface area contributed by atoms with E-state index in [9.17, 15) is 9.00 Å². The molecule has 0 radical (unpaired) electrons. The van der Waals surface area contributed by atoms with E-state index in [1.165, 1.54) is 19.3 Å². The predicted molar refractivity (Wildman–Crippen MR) is 94.9 cm³/mol. The molecule has 0 aliphatic heterocycles. The Bertz CT molecular complexity index is 493. The second-order valence-corrected chi connectivity index (χ2v) is 6.97. The Hall–Kier alpha value is -0.910. The maximum Gasteiger partial charge on any atom is 0.152 e. The molecule has 1 aromatic rings. The lowest BCUT2D eigenvalue weighted by molar-refractivity contribution is 0.112. The molecule has 0 bridgehead atoms. The van der Waals surface area contributed by atoms with Crippen molar-refractivity contribution in [3.8, 4) is 5.75 Å². The Morgan fingerprint density at radius 3 is 2.22 bits per heavy atom. The normalized spacial score (nSPS) is 12.1. The van der Waals surface area contributed by atoms with Gasteiger partial charge < -0.3 is 9.29 Å². The van der Waals surface area contributed by atoms with Gasteiger partial charge in [-0.05, 0) is 31.0 Å². The number of halogens is 1. The van der Waals surface area contributed by atoms with Crippen LogP contribution in [0.4, 0.5) is 0 Å². The number of carbonyl (C=O) groups excluding carboxylic acids is 1. The van der Waals surface area contributed by atoms with Gasteiger partial charge in [-0.2, -0.15) is 0 Å². The number of unbranched alkanes of at least 4 members (excludes halogenated alkanes) is 7. The number of hydrogen-bond donors (Lipinski definition) is 1. The van der Waals surface area contributed by atoms with E-state index in [4.69, 9.17) is 20.9 Å². The zero-order valence-corrected chi connectivity index (χ0v) is 14.9. The van der Waals surface area contributed by atoms with E-state index < -0.39 is 11.1 Å². The van der Waals surface area contributed by atoms with Gasteiger partial charge in [0.15, 0.2) is 11.1 Å². The van der Waals surface area contributed by atoms with Crippen molar-refractivity contribution in [2.24, 2.45) is 0 Å². The zero-order valence-electron chi connectivity index (χ0n) is 13.3. The average molecular weight is 361 g/mol. The summed E-state index contributed by atoms with van der Waals surface area (Å²) in [6.07, 6.45) is 9.40. The van der Waals surface area contributed by atoms with Crippen LogP contribution in [-0.2, 0) is 11.1 Å². The quantitative estimate of drug-likeness (QED) is 0.309. The van der Waals surface area contributed by atoms with Crippen LogP contribution in [0.1, 0.15) is 61.7 Å². The molecule has 1 N–H and O–H groups in total. The summed E-state index contributed by atoms with van der Waals surface area (Å²) in [6, 6.07) is 5.03. The molecule has 130 valence electrons. The Morgan fingerprint density at radius 2 is 1.65 bits per heavy atom.